The van der Waals surface area contributed by atoms with E-state index in [-0.39, 0.29) is 0 Å². The van der Waals surface area contributed by atoms with Crippen LogP contribution in [0.15, 0.2) is 16.3 Å². The normalized spacial score (nSPS) is 13.2. The van der Waals surface area contributed by atoms with Crippen molar-refractivity contribution in [3.63, 3.8) is 0 Å². The molecule has 1 rings (SSSR count). The van der Waals surface area contributed by atoms with E-state index in [0.717, 1.165) is 11.3 Å². The van der Waals surface area contributed by atoms with Gasteiger partial charge in [0.1, 0.15) is 4.21 Å². The van der Waals surface area contributed by atoms with Gasteiger partial charge in [0.05, 0.1) is 9.08 Å². The number of hydrogen-bond acceptors (Lipinski definition) is 3. The summed E-state index contributed by atoms with van der Waals surface area (Å²) in [5.41, 5.74) is 0. The Balaban J connectivity index is 3.24. The van der Waals surface area contributed by atoms with Crippen LogP contribution in [0.2, 0.25) is 4.34 Å². The molecule has 0 aliphatic rings. The summed E-state index contributed by atoms with van der Waals surface area (Å²) in [6.45, 7) is 5.03. The molecule has 0 spiro atoms. The minimum Gasteiger partial charge on any atom is -0.222 e. The molecule has 0 N–H and O–H groups in total. The molecule has 0 aromatic carbocycles. The van der Waals surface area contributed by atoms with Gasteiger partial charge in [0.15, 0.2) is 9.84 Å². The number of thiophene rings is 1. The molecule has 1 heterocycles. The largest absolute Gasteiger partial charge is 0.222 e. The molecular weight excluding hydrogens is 228 g/mol. The Morgan fingerprint density at radius 2 is 1.85 bits per heavy atom. The summed E-state index contributed by atoms with van der Waals surface area (Å²) >= 11 is 6.77. The highest BCUT2D eigenvalue weighted by Crippen LogP contribution is 2.32. The molecule has 0 saturated carbocycles. The molecule has 13 heavy (non-hydrogen) atoms. The highest BCUT2D eigenvalue weighted by molar-refractivity contribution is 7.94. The first-order chi connectivity index (χ1) is 5.75. The van der Waals surface area contributed by atoms with Gasteiger partial charge < -0.3 is 0 Å². The second-order valence-corrected chi connectivity index (χ2v) is 8.32. The molecule has 0 fully saturated rings. The molecule has 1 aromatic rings. The monoisotopic (exact) mass is 238 g/mol. The minimum absolute atomic E-state index is 0.338. The van der Waals surface area contributed by atoms with E-state index in [1.165, 1.54) is 0 Å². The molecule has 0 atom stereocenters. The Hall–Kier alpha value is -0.0600. The van der Waals surface area contributed by atoms with Gasteiger partial charge in [0.25, 0.3) is 0 Å². The number of rotatable bonds is 1. The highest BCUT2D eigenvalue weighted by Gasteiger charge is 2.31. The third kappa shape index (κ3) is 2.06. The molecule has 74 valence electrons. The van der Waals surface area contributed by atoms with Crippen LogP contribution >= 0.6 is 22.9 Å². The van der Waals surface area contributed by atoms with Crippen molar-refractivity contribution in [1.82, 2.24) is 0 Å². The Morgan fingerprint density at radius 3 is 2.15 bits per heavy atom. The summed E-state index contributed by atoms with van der Waals surface area (Å²) < 4.78 is 23.7. The van der Waals surface area contributed by atoms with Crippen molar-refractivity contribution in [3.05, 3.63) is 16.5 Å². The highest BCUT2D eigenvalue weighted by atomic mass is 35.5. The van der Waals surface area contributed by atoms with E-state index in [0.29, 0.717) is 8.55 Å². The van der Waals surface area contributed by atoms with Crippen LogP contribution < -0.4 is 0 Å². The molecule has 0 aliphatic carbocycles. The fourth-order valence-electron chi connectivity index (χ4n) is 0.744. The molecule has 1 aromatic heterocycles. The number of sulfone groups is 1. The summed E-state index contributed by atoms with van der Waals surface area (Å²) in [4.78, 5) is 0. The predicted octanol–water partition coefficient (Wildman–Crippen LogP) is 2.97. The van der Waals surface area contributed by atoms with Crippen molar-refractivity contribution >= 4 is 32.8 Å². The Morgan fingerprint density at radius 1 is 1.31 bits per heavy atom. The Bertz CT molecular complexity index is 398. The van der Waals surface area contributed by atoms with Gasteiger partial charge in [0.2, 0.25) is 0 Å². The Kier molecular flexibility index (Phi) is 2.76. The first-order valence-corrected chi connectivity index (χ1v) is 6.43. The van der Waals surface area contributed by atoms with E-state index in [1.54, 1.807) is 32.9 Å². The lowest BCUT2D eigenvalue weighted by Gasteiger charge is -2.17. The molecule has 2 nitrogen and oxygen atoms in total. The zero-order valence-electron chi connectivity index (χ0n) is 7.67. The third-order valence-electron chi connectivity index (χ3n) is 1.62. The van der Waals surface area contributed by atoms with Gasteiger partial charge in [-0.1, -0.05) is 11.6 Å². The van der Waals surface area contributed by atoms with Crippen LogP contribution in [0.25, 0.3) is 0 Å². The van der Waals surface area contributed by atoms with E-state index in [2.05, 4.69) is 0 Å². The number of hydrogen-bond donors (Lipinski definition) is 0. The van der Waals surface area contributed by atoms with Gasteiger partial charge in [-0.3, -0.25) is 0 Å². The lowest BCUT2D eigenvalue weighted by Crippen LogP contribution is -2.27. The Labute approximate surface area is 87.5 Å². The zero-order valence-corrected chi connectivity index (χ0v) is 10.1. The summed E-state index contributed by atoms with van der Waals surface area (Å²) in [7, 11) is -3.22. The summed E-state index contributed by atoms with van der Waals surface area (Å²) in [6, 6.07) is 3.15. The number of halogens is 1. The minimum atomic E-state index is -3.22. The lowest BCUT2D eigenvalue weighted by molar-refractivity contribution is 0.562. The molecule has 0 saturated heterocycles. The van der Waals surface area contributed by atoms with E-state index < -0.39 is 14.6 Å². The van der Waals surface area contributed by atoms with Crippen molar-refractivity contribution in [2.75, 3.05) is 0 Å². The maximum atomic E-state index is 11.8. The van der Waals surface area contributed by atoms with Crippen molar-refractivity contribution in [2.24, 2.45) is 0 Å². The van der Waals surface area contributed by atoms with Crippen LogP contribution in [-0.4, -0.2) is 13.2 Å². The van der Waals surface area contributed by atoms with Crippen LogP contribution in [0, 0.1) is 0 Å². The summed E-state index contributed by atoms with van der Waals surface area (Å²) in [5, 5.41) is 0. The molecular formula is C8H11ClO2S2. The zero-order chi connectivity index (χ0) is 10.3. The van der Waals surface area contributed by atoms with Crippen molar-refractivity contribution in [1.29, 1.82) is 0 Å². The van der Waals surface area contributed by atoms with E-state index in [4.69, 9.17) is 11.6 Å². The van der Waals surface area contributed by atoms with Crippen LogP contribution in [-0.2, 0) is 9.84 Å². The van der Waals surface area contributed by atoms with Gasteiger partial charge >= 0.3 is 0 Å². The topological polar surface area (TPSA) is 34.1 Å². The average molecular weight is 239 g/mol. The summed E-state index contributed by atoms with van der Waals surface area (Å²) in [5.74, 6) is 0. The second-order valence-electron chi connectivity index (χ2n) is 3.67. The van der Waals surface area contributed by atoms with Gasteiger partial charge in [0, 0.05) is 0 Å². The standard InChI is InChI=1S/C8H11ClO2S2/c1-8(2,3)13(10,11)7-5-4-6(9)12-7/h4-5H,1-3H3. The van der Waals surface area contributed by atoms with Crippen molar-refractivity contribution < 1.29 is 8.42 Å². The van der Waals surface area contributed by atoms with E-state index >= 15 is 0 Å². The smallest absolute Gasteiger partial charge is 0.192 e. The fourth-order valence-corrected chi connectivity index (χ4v) is 3.97. The van der Waals surface area contributed by atoms with Crippen LogP contribution in [0.1, 0.15) is 20.8 Å². The maximum absolute atomic E-state index is 11.8. The second kappa shape index (κ2) is 3.26. The SMILES string of the molecule is CC(C)(C)S(=O)(=O)c1ccc(Cl)s1. The molecule has 0 radical (unpaired) electrons. The lowest BCUT2D eigenvalue weighted by atomic mass is 10.3. The molecule has 0 bridgehead atoms. The van der Waals surface area contributed by atoms with Crippen molar-refractivity contribution in [3.8, 4) is 0 Å². The van der Waals surface area contributed by atoms with Crippen molar-refractivity contribution in [2.45, 2.75) is 29.7 Å². The molecule has 0 unspecified atom stereocenters. The van der Waals surface area contributed by atoms with Gasteiger partial charge in [-0.2, -0.15) is 0 Å². The average Bonchev–Trinajstić information content (AvgIpc) is 2.33. The summed E-state index contributed by atoms with van der Waals surface area (Å²) in [6.07, 6.45) is 0. The van der Waals surface area contributed by atoms with Crippen LogP contribution in [0.4, 0.5) is 0 Å². The van der Waals surface area contributed by atoms with Gasteiger partial charge in [-0.05, 0) is 32.9 Å². The molecule has 0 aliphatic heterocycles. The predicted molar refractivity (Wildman–Crippen MR) is 56.3 cm³/mol. The molecule has 5 heteroatoms. The third-order valence-corrected chi connectivity index (χ3v) is 5.83. The first-order valence-electron chi connectivity index (χ1n) is 3.75. The van der Waals surface area contributed by atoms with Crippen LogP contribution in [0.3, 0.4) is 0 Å². The first kappa shape index (κ1) is 11.0. The van der Waals surface area contributed by atoms with E-state index in [9.17, 15) is 8.42 Å². The fraction of sp³-hybridized carbons (Fsp3) is 0.500. The van der Waals surface area contributed by atoms with Crippen LogP contribution in [0.5, 0.6) is 0 Å². The van der Waals surface area contributed by atoms with Gasteiger partial charge in [-0.25, -0.2) is 8.42 Å². The molecule has 0 amide bonds. The van der Waals surface area contributed by atoms with Gasteiger partial charge in [-0.15, -0.1) is 11.3 Å². The maximum Gasteiger partial charge on any atom is 0.192 e. The quantitative estimate of drug-likeness (QED) is 0.754. The van der Waals surface area contributed by atoms with E-state index in [1.807, 2.05) is 0 Å².